The van der Waals surface area contributed by atoms with E-state index in [1.165, 1.54) is 90.1 Å². The molecule has 1 rings (SSSR count). The Morgan fingerprint density at radius 3 is 1.74 bits per heavy atom. The lowest BCUT2D eigenvalue weighted by molar-refractivity contribution is 0.208. The summed E-state index contributed by atoms with van der Waals surface area (Å²) in [5.41, 5.74) is 0. The van der Waals surface area contributed by atoms with Crippen LogP contribution in [-0.4, -0.2) is 27.5 Å². The van der Waals surface area contributed by atoms with Gasteiger partial charge in [0, 0.05) is 12.4 Å². The number of imidazole rings is 1. The van der Waals surface area contributed by atoms with Gasteiger partial charge in [-0.25, -0.2) is 4.98 Å². The second kappa shape index (κ2) is 14.7. The second-order valence-corrected chi connectivity index (χ2v) is 6.87. The molecule has 0 spiro atoms. The summed E-state index contributed by atoms with van der Waals surface area (Å²) in [6.45, 7) is 8.04. The topological polar surface area (TPSA) is 21.1 Å². The number of unbranched alkanes of at least 4 members (excludes halogenated alkanes) is 10. The zero-order valence-electron chi connectivity index (χ0n) is 15.7. The average molecular weight is 322 g/mol. The molecule has 23 heavy (non-hydrogen) atoms. The van der Waals surface area contributed by atoms with Gasteiger partial charge in [0.05, 0.1) is 13.0 Å². The molecule has 0 unspecified atom stereocenters. The van der Waals surface area contributed by atoms with Crippen LogP contribution in [0.15, 0.2) is 18.7 Å². The minimum absolute atomic E-state index is 1.00. The monoisotopic (exact) mass is 321 g/mol. The molecule has 0 saturated carbocycles. The zero-order chi connectivity index (χ0) is 16.6. The van der Waals surface area contributed by atoms with E-state index in [1.807, 2.05) is 12.5 Å². The maximum atomic E-state index is 4.17. The number of nitrogens with zero attached hydrogens (tertiary/aromatic N) is 3. The van der Waals surface area contributed by atoms with E-state index < -0.39 is 0 Å². The van der Waals surface area contributed by atoms with Crippen LogP contribution in [0.2, 0.25) is 0 Å². The Labute approximate surface area is 144 Å². The number of aromatic nitrogens is 2. The third-order valence-corrected chi connectivity index (χ3v) is 4.58. The fourth-order valence-corrected chi connectivity index (χ4v) is 3.09. The molecule has 3 heteroatoms. The standard InChI is InChI=1S/C20H39N3/c1-3-5-7-9-11-13-16-22(20-23-18-15-21-19-23)17-14-12-10-8-6-4-2/h15,18-19H,3-14,16-17,20H2,1-2H3. The Hall–Kier alpha value is -0.830. The van der Waals surface area contributed by atoms with Crippen LogP contribution in [0.25, 0.3) is 0 Å². The van der Waals surface area contributed by atoms with E-state index in [1.54, 1.807) is 0 Å². The van der Waals surface area contributed by atoms with Gasteiger partial charge in [0.25, 0.3) is 0 Å². The summed E-state index contributed by atoms with van der Waals surface area (Å²) in [5, 5.41) is 0. The molecule has 0 aromatic carbocycles. The minimum atomic E-state index is 1.00. The lowest BCUT2D eigenvalue weighted by Crippen LogP contribution is -2.28. The highest BCUT2D eigenvalue weighted by atomic mass is 15.2. The summed E-state index contributed by atoms with van der Waals surface area (Å²) >= 11 is 0. The first kappa shape index (κ1) is 20.2. The third kappa shape index (κ3) is 11.4. The second-order valence-electron chi connectivity index (χ2n) is 6.87. The first-order valence-electron chi connectivity index (χ1n) is 10.0. The van der Waals surface area contributed by atoms with Crippen molar-refractivity contribution in [1.29, 1.82) is 0 Å². The summed E-state index contributed by atoms with van der Waals surface area (Å²) in [6.07, 6.45) is 22.5. The minimum Gasteiger partial charge on any atom is -0.324 e. The van der Waals surface area contributed by atoms with E-state index in [0.29, 0.717) is 0 Å². The first-order valence-corrected chi connectivity index (χ1v) is 10.0. The molecular weight excluding hydrogens is 282 g/mol. The van der Waals surface area contributed by atoms with Crippen LogP contribution in [0.1, 0.15) is 90.9 Å². The molecule has 134 valence electrons. The Morgan fingerprint density at radius 2 is 1.26 bits per heavy atom. The highest BCUT2D eigenvalue weighted by molar-refractivity contribution is 4.74. The van der Waals surface area contributed by atoms with Gasteiger partial charge in [0.15, 0.2) is 0 Å². The smallest absolute Gasteiger partial charge is 0.0956 e. The van der Waals surface area contributed by atoms with E-state index >= 15 is 0 Å². The van der Waals surface area contributed by atoms with E-state index in [4.69, 9.17) is 0 Å². The molecule has 3 nitrogen and oxygen atoms in total. The Balaban J connectivity index is 2.17. The summed E-state index contributed by atoms with van der Waals surface area (Å²) in [4.78, 5) is 6.78. The Morgan fingerprint density at radius 1 is 0.739 bits per heavy atom. The average Bonchev–Trinajstić information content (AvgIpc) is 3.06. The molecule has 1 heterocycles. The molecule has 0 bridgehead atoms. The van der Waals surface area contributed by atoms with Gasteiger partial charge < -0.3 is 4.57 Å². The zero-order valence-corrected chi connectivity index (χ0v) is 15.7. The van der Waals surface area contributed by atoms with Crippen LogP contribution in [0, 0.1) is 0 Å². The quantitative estimate of drug-likeness (QED) is 0.355. The van der Waals surface area contributed by atoms with Crippen molar-refractivity contribution in [2.45, 2.75) is 97.6 Å². The van der Waals surface area contributed by atoms with Gasteiger partial charge in [-0.15, -0.1) is 0 Å². The van der Waals surface area contributed by atoms with Crippen molar-refractivity contribution < 1.29 is 0 Å². The van der Waals surface area contributed by atoms with Crippen molar-refractivity contribution in [1.82, 2.24) is 14.5 Å². The molecule has 0 fully saturated rings. The molecule has 0 amide bonds. The van der Waals surface area contributed by atoms with Crippen molar-refractivity contribution >= 4 is 0 Å². The molecule has 0 aliphatic carbocycles. The number of hydrogen-bond donors (Lipinski definition) is 0. The van der Waals surface area contributed by atoms with Crippen molar-refractivity contribution in [3.63, 3.8) is 0 Å². The molecule has 1 aromatic heterocycles. The molecule has 0 aliphatic heterocycles. The van der Waals surface area contributed by atoms with E-state index in [0.717, 1.165) is 6.67 Å². The van der Waals surface area contributed by atoms with E-state index in [-0.39, 0.29) is 0 Å². The van der Waals surface area contributed by atoms with Crippen molar-refractivity contribution in [3.05, 3.63) is 18.7 Å². The maximum Gasteiger partial charge on any atom is 0.0956 e. The molecule has 1 aromatic rings. The normalized spacial score (nSPS) is 11.4. The molecule has 0 atom stereocenters. The number of hydrogen-bond acceptors (Lipinski definition) is 2. The van der Waals surface area contributed by atoms with Crippen LogP contribution in [0.4, 0.5) is 0 Å². The van der Waals surface area contributed by atoms with Gasteiger partial charge in [0.1, 0.15) is 0 Å². The van der Waals surface area contributed by atoms with Crippen LogP contribution in [-0.2, 0) is 6.67 Å². The third-order valence-electron chi connectivity index (χ3n) is 4.58. The van der Waals surface area contributed by atoms with Gasteiger partial charge in [-0.3, -0.25) is 4.90 Å². The molecular formula is C20H39N3. The lowest BCUT2D eigenvalue weighted by Gasteiger charge is -2.22. The van der Waals surface area contributed by atoms with Crippen LogP contribution in [0.3, 0.4) is 0 Å². The molecule has 0 radical (unpaired) electrons. The predicted octanol–water partition coefficient (Wildman–Crippen LogP) is 5.86. The predicted molar refractivity (Wildman–Crippen MR) is 101 cm³/mol. The van der Waals surface area contributed by atoms with Gasteiger partial charge in [-0.05, 0) is 25.9 Å². The lowest BCUT2D eigenvalue weighted by atomic mass is 10.1. The Kier molecular flexibility index (Phi) is 13.0. The van der Waals surface area contributed by atoms with Crippen LogP contribution < -0.4 is 0 Å². The highest BCUT2D eigenvalue weighted by Crippen LogP contribution is 2.09. The molecule has 0 aliphatic rings. The van der Waals surface area contributed by atoms with Crippen molar-refractivity contribution in [2.75, 3.05) is 13.1 Å². The fourth-order valence-electron chi connectivity index (χ4n) is 3.09. The van der Waals surface area contributed by atoms with E-state index in [9.17, 15) is 0 Å². The summed E-state index contributed by atoms with van der Waals surface area (Å²) < 4.78 is 2.20. The van der Waals surface area contributed by atoms with Gasteiger partial charge in [-0.1, -0.05) is 78.1 Å². The summed E-state index contributed by atoms with van der Waals surface area (Å²) in [6, 6.07) is 0. The van der Waals surface area contributed by atoms with Crippen molar-refractivity contribution in [3.8, 4) is 0 Å². The van der Waals surface area contributed by atoms with Crippen LogP contribution >= 0.6 is 0 Å². The first-order chi connectivity index (χ1) is 11.4. The van der Waals surface area contributed by atoms with Crippen molar-refractivity contribution in [2.24, 2.45) is 0 Å². The number of rotatable bonds is 16. The van der Waals surface area contributed by atoms with Crippen LogP contribution in [0.5, 0.6) is 0 Å². The molecule has 0 N–H and O–H groups in total. The van der Waals surface area contributed by atoms with Gasteiger partial charge in [-0.2, -0.15) is 0 Å². The largest absolute Gasteiger partial charge is 0.324 e. The van der Waals surface area contributed by atoms with Gasteiger partial charge in [0.2, 0.25) is 0 Å². The SMILES string of the molecule is CCCCCCCCN(CCCCCCCC)Cn1ccnc1. The fraction of sp³-hybridized carbons (Fsp3) is 0.850. The van der Waals surface area contributed by atoms with E-state index in [2.05, 4.69) is 34.5 Å². The van der Waals surface area contributed by atoms with Gasteiger partial charge >= 0.3 is 0 Å². The molecule has 0 saturated heterocycles. The summed E-state index contributed by atoms with van der Waals surface area (Å²) in [5.74, 6) is 0. The Bertz CT molecular complexity index is 319. The highest BCUT2D eigenvalue weighted by Gasteiger charge is 2.05. The summed E-state index contributed by atoms with van der Waals surface area (Å²) in [7, 11) is 0. The maximum absolute atomic E-state index is 4.17.